The van der Waals surface area contributed by atoms with Gasteiger partial charge in [0.1, 0.15) is 6.04 Å². The van der Waals surface area contributed by atoms with Gasteiger partial charge in [-0.05, 0) is 29.9 Å². The van der Waals surface area contributed by atoms with E-state index in [-0.39, 0.29) is 6.03 Å². The maximum Gasteiger partial charge on any atom is 0.326 e. The highest BCUT2D eigenvalue weighted by atomic mass is 32.1. The molecule has 0 unspecified atom stereocenters. The molecular formula is C13H18N2O3S. The fraction of sp³-hybridized carbons (Fsp3) is 0.538. The van der Waals surface area contributed by atoms with E-state index in [1.165, 1.54) is 10.4 Å². The molecule has 0 spiro atoms. The molecule has 1 atom stereocenters. The van der Waals surface area contributed by atoms with Crippen molar-refractivity contribution in [2.45, 2.75) is 38.8 Å². The predicted octanol–water partition coefficient (Wildman–Crippen LogP) is 2.07. The number of nitrogens with one attached hydrogen (secondary N) is 1. The molecular weight excluding hydrogens is 264 g/mol. The lowest BCUT2D eigenvalue weighted by Crippen LogP contribution is -2.49. The van der Waals surface area contributed by atoms with E-state index in [0.29, 0.717) is 19.5 Å². The number of carbonyl (C=O) groups is 2. The molecule has 0 fully saturated rings. The molecule has 0 saturated heterocycles. The number of nitrogens with zero attached hydrogens (tertiary/aromatic N) is 1. The third-order valence-electron chi connectivity index (χ3n) is 3.27. The normalized spacial score (nSPS) is 15.7. The summed E-state index contributed by atoms with van der Waals surface area (Å²) in [6.07, 6.45) is 2.04. The van der Waals surface area contributed by atoms with Crippen molar-refractivity contribution in [1.82, 2.24) is 10.2 Å². The van der Waals surface area contributed by atoms with Crippen LogP contribution in [0.5, 0.6) is 0 Å². The molecule has 0 bridgehead atoms. The van der Waals surface area contributed by atoms with Gasteiger partial charge >= 0.3 is 12.0 Å². The second-order valence-corrected chi connectivity index (χ2v) is 5.67. The largest absolute Gasteiger partial charge is 0.480 e. The Hall–Kier alpha value is -1.56. The molecule has 5 nitrogen and oxygen atoms in total. The maximum atomic E-state index is 12.1. The number of carboxylic acids is 1. The van der Waals surface area contributed by atoms with Crippen molar-refractivity contribution < 1.29 is 14.7 Å². The summed E-state index contributed by atoms with van der Waals surface area (Å²) in [5, 5.41) is 13.7. The van der Waals surface area contributed by atoms with Crippen LogP contribution in [0.3, 0.4) is 0 Å². The summed E-state index contributed by atoms with van der Waals surface area (Å²) in [6.45, 7) is 3.13. The molecule has 0 radical (unpaired) electrons. The van der Waals surface area contributed by atoms with Gasteiger partial charge in [-0.2, -0.15) is 0 Å². The van der Waals surface area contributed by atoms with Crippen molar-refractivity contribution in [2.24, 2.45) is 0 Å². The third kappa shape index (κ3) is 3.26. The smallest absolute Gasteiger partial charge is 0.326 e. The minimum Gasteiger partial charge on any atom is -0.480 e. The Morgan fingerprint density at radius 1 is 1.58 bits per heavy atom. The summed E-state index contributed by atoms with van der Waals surface area (Å²) < 4.78 is 0. The first-order valence-corrected chi connectivity index (χ1v) is 7.33. The first-order valence-electron chi connectivity index (χ1n) is 6.45. The van der Waals surface area contributed by atoms with Crippen LogP contribution < -0.4 is 5.32 Å². The van der Waals surface area contributed by atoms with E-state index >= 15 is 0 Å². The van der Waals surface area contributed by atoms with Gasteiger partial charge in [-0.25, -0.2) is 9.59 Å². The van der Waals surface area contributed by atoms with Crippen LogP contribution in [-0.2, 0) is 17.8 Å². The molecule has 104 valence electrons. The van der Waals surface area contributed by atoms with Crippen LogP contribution in [0.4, 0.5) is 4.79 Å². The summed E-state index contributed by atoms with van der Waals surface area (Å²) in [4.78, 5) is 26.1. The molecule has 1 aromatic heterocycles. The van der Waals surface area contributed by atoms with E-state index in [9.17, 15) is 9.59 Å². The second kappa shape index (κ2) is 6.06. The molecule has 1 aliphatic heterocycles. The molecule has 0 saturated carbocycles. The molecule has 2 heterocycles. The molecule has 2 N–H and O–H groups in total. The zero-order valence-corrected chi connectivity index (χ0v) is 11.7. The molecule has 2 amide bonds. The van der Waals surface area contributed by atoms with Gasteiger partial charge in [0, 0.05) is 18.0 Å². The average Bonchev–Trinajstić information content (AvgIpc) is 2.85. The van der Waals surface area contributed by atoms with Gasteiger partial charge in [0.15, 0.2) is 0 Å². The van der Waals surface area contributed by atoms with Gasteiger partial charge in [0.2, 0.25) is 0 Å². The van der Waals surface area contributed by atoms with Gasteiger partial charge in [0.05, 0.1) is 0 Å². The highest BCUT2D eigenvalue weighted by Gasteiger charge is 2.25. The van der Waals surface area contributed by atoms with E-state index < -0.39 is 12.0 Å². The summed E-state index contributed by atoms with van der Waals surface area (Å²) >= 11 is 1.71. The van der Waals surface area contributed by atoms with Crippen LogP contribution in [0.2, 0.25) is 0 Å². The Morgan fingerprint density at radius 3 is 3.05 bits per heavy atom. The van der Waals surface area contributed by atoms with Crippen LogP contribution >= 0.6 is 11.3 Å². The fourth-order valence-electron chi connectivity index (χ4n) is 2.21. The minimum atomic E-state index is -0.969. The number of carboxylic acid groups (broad SMARTS) is 1. The van der Waals surface area contributed by atoms with Crippen LogP contribution in [-0.4, -0.2) is 34.6 Å². The van der Waals surface area contributed by atoms with Gasteiger partial charge in [0.25, 0.3) is 0 Å². The lowest BCUT2D eigenvalue weighted by molar-refractivity contribution is -0.139. The summed E-state index contributed by atoms with van der Waals surface area (Å²) in [5.41, 5.74) is 1.17. The van der Waals surface area contributed by atoms with E-state index in [1.54, 1.807) is 16.2 Å². The number of rotatable bonds is 4. The van der Waals surface area contributed by atoms with Gasteiger partial charge in [-0.15, -0.1) is 11.3 Å². The van der Waals surface area contributed by atoms with Gasteiger partial charge in [-0.1, -0.05) is 13.3 Å². The van der Waals surface area contributed by atoms with Crippen molar-refractivity contribution in [2.75, 3.05) is 6.54 Å². The number of fused-ring (bicyclic) bond motifs is 1. The standard InChI is InChI=1S/C13H18N2O3S/c1-2-3-10(12(16)17)14-13(18)15-6-4-11-9(8-15)5-7-19-11/h5,7,10H,2-4,6,8H2,1H3,(H,14,18)(H,16,17)/t10-/m1/s1. The van der Waals surface area contributed by atoms with E-state index in [4.69, 9.17) is 5.11 Å². The summed E-state index contributed by atoms with van der Waals surface area (Å²) in [7, 11) is 0. The van der Waals surface area contributed by atoms with Crippen LogP contribution in [0.15, 0.2) is 11.4 Å². The molecule has 19 heavy (non-hydrogen) atoms. The molecule has 0 aliphatic carbocycles. The number of amides is 2. The van der Waals surface area contributed by atoms with Crippen molar-refractivity contribution in [1.29, 1.82) is 0 Å². The van der Waals surface area contributed by atoms with Crippen LogP contribution in [0.25, 0.3) is 0 Å². The van der Waals surface area contributed by atoms with Crippen molar-refractivity contribution in [3.63, 3.8) is 0 Å². The lowest BCUT2D eigenvalue weighted by atomic mass is 10.1. The number of hydrogen-bond acceptors (Lipinski definition) is 3. The molecule has 2 rings (SSSR count). The Kier molecular flexibility index (Phi) is 4.42. The first kappa shape index (κ1) is 13.9. The molecule has 0 aromatic carbocycles. The molecule has 1 aromatic rings. The van der Waals surface area contributed by atoms with Crippen molar-refractivity contribution >= 4 is 23.3 Å². The Morgan fingerprint density at radius 2 is 2.37 bits per heavy atom. The van der Waals surface area contributed by atoms with Gasteiger partial charge < -0.3 is 15.3 Å². The lowest BCUT2D eigenvalue weighted by Gasteiger charge is -2.28. The van der Waals surface area contributed by atoms with E-state index in [0.717, 1.165) is 12.8 Å². The maximum absolute atomic E-state index is 12.1. The van der Waals surface area contributed by atoms with E-state index in [1.807, 2.05) is 18.4 Å². The van der Waals surface area contributed by atoms with E-state index in [2.05, 4.69) is 5.32 Å². The van der Waals surface area contributed by atoms with Crippen molar-refractivity contribution in [3.8, 4) is 0 Å². The predicted molar refractivity (Wildman–Crippen MR) is 73.3 cm³/mol. The Bertz CT molecular complexity index is 472. The number of aliphatic carboxylic acids is 1. The molecule has 1 aliphatic rings. The zero-order valence-electron chi connectivity index (χ0n) is 10.9. The number of carbonyl (C=O) groups excluding carboxylic acids is 1. The Labute approximate surface area is 116 Å². The average molecular weight is 282 g/mol. The number of hydrogen-bond donors (Lipinski definition) is 2. The highest BCUT2D eigenvalue weighted by molar-refractivity contribution is 7.10. The van der Waals surface area contributed by atoms with Gasteiger partial charge in [-0.3, -0.25) is 0 Å². The van der Waals surface area contributed by atoms with Crippen LogP contribution in [0.1, 0.15) is 30.2 Å². The first-order chi connectivity index (χ1) is 9.11. The monoisotopic (exact) mass is 282 g/mol. The third-order valence-corrected chi connectivity index (χ3v) is 4.29. The summed E-state index contributed by atoms with van der Waals surface area (Å²) in [6, 6.07) is 0.958. The number of thiophene rings is 1. The number of urea groups is 1. The Balaban J connectivity index is 1.95. The topological polar surface area (TPSA) is 69.6 Å². The molecule has 6 heteroatoms. The van der Waals surface area contributed by atoms with Crippen LogP contribution in [0, 0.1) is 0 Å². The summed E-state index contributed by atoms with van der Waals surface area (Å²) in [5.74, 6) is -0.969. The quantitative estimate of drug-likeness (QED) is 0.888. The van der Waals surface area contributed by atoms with Crippen molar-refractivity contribution in [3.05, 3.63) is 21.9 Å². The zero-order chi connectivity index (χ0) is 13.8. The minimum absolute atomic E-state index is 0.280. The second-order valence-electron chi connectivity index (χ2n) is 4.67. The SMILES string of the molecule is CCC[C@@H](NC(=O)N1CCc2sccc2C1)C(=O)O. The highest BCUT2D eigenvalue weighted by Crippen LogP contribution is 2.23. The fourth-order valence-corrected chi connectivity index (χ4v) is 3.10.